The van der Waals surface area contributed by atoms with Gasteiger partial charge in [-0.1, -0.05) is 13.8 Å². The number of fused-ring (bicyclic) bond motifs is 1. The summed E-state index contributed by atoms with van der Waals surface area (Å²) in [6.07, 6.45) is 5.74. The van der Waals surface area contributed by atoms with Crippen LogP contribution in [0.25, 0.3) is 0 Å². The predicted octanol–water partition coefficient (Wildman–Crippen LogP) is 3.60. The van der Waals surface area contributed by atoms with Gasteiger partial charge in [0.25, 0.3) is 0 Å². The molecule has 0 bridgehead atoms. The summed E-state index contributed by atoms with van der Waals surface area (Å²) in [4.78, 5) is 0. The summed E-state index contributed by atoms with van der Waals surface area (Å²) in [5.74, 6) is 0.767. The van der Waals surface area contributed by atoms with E-state index < -0.39 is 0 Å². The van der Waals surface area contributed by atoms with Gasteiger partial charge >= 0.3 is 0 Å². The zero-order valence-corrected chi connectivity index (χ0v) is 11.9. The third-order valence-electron chi connectivity index (χ3n) is 5.29. The first-order valence-corrected chi connectivity index (χ1v) is 7.40. The summed E-state index contributed by atoms with van der Waals surface area (Å²) >= 11 is 0. The fraction of sp³-hybridized carbons (Fsp3) is 0.750. The molecule has 1 N–H and O–H groups in total. The minimum absolute atomic E-state index is 0.220. The molecule has 1 fully saturated rings. The van der Waals surface area contributed by atoms with E-state index >= 15 is 0 Å². The molecule has 0 spiro atoms. The molecule has 1 heterocycles. The summed E-state index contributed by atoms with van der Waals surface area (Å²) in [7, 11) is 0. The Hall–Kier alpha value is -0.760. The number of hydrogen-bond acceptors (Lipinski definition) is 1. The largest absolute Gasteiger partial charge is 0.388 e. The first kappa shape index (κ1) is 12.3. The van der Waals surface area contributed by atoms with Gasteiger partial charge in [-0.3, -0.25) is 0 Å². The molecule has 1 unspecified atom stereocenters. The average Bonchev–Trinajstić information content (AvgIpc) is 3.03. The zero-order chi connectivity index (χ0) is 12.9. The van der Waals surface area contributed by atoms with E-state index in [1.165, 1.54) is 36.3 Å². The second-order valence-electron chi connectivity index (χ2n) is 6.70. The van der Waals surface area contributed by atoms with Crippen LogP contribution in [0.15, 0.2) is 6.07 Å². The van der Waals surface area contributed by atoms with Gasteiger partial charge in [0.1, 0.15) is 0 Å². The van der Waals surface area contributed by atoms with Crippen molar-refractivity contribution in [3.63, 3.8) is 0 Å². The van der Waals surface area contributed by atoms with Crippen LogP contribution in [0.4, 0.5) is 0 Å². The minimum atomic E-state index is -0.220. The van der Waals surface area contributed by atoms with Gasteiger partial charge in [-0.05, 0) is 56.4 Å². The Balaban J connectivity index is 1.93. The van der Waals surface area contributed by atoms with Gasteiger partial charge in [0, 0.05) is 23.5 Å². The van der Waals surface area contributed by atoms with Crippen molar-refractivity contribution in [3.8, 4) is 0 Å². The SMILES string of the molecule is Cc1cc2c(n1CC1(C(C)C)CC1)CCCC2O. The van der Waals surface area contributed by atoms with Crippen molar-refractivity contribution in [2.75, 3.05) is 0 Å². The van der Waals surface area contributed by atoms with Crippen LogP contribution in [0.5, 0.6) is 0 Å². The third kappa shape index (κ3) is 1.82. The molecule has 1 saturated carbocycles. The standard InChI is InChI=1S/C16H25NO/c1-11(2)16(7-8-16)10-17-12(3)9-13-14(17)5-4-6-15(13)18/h9,11,15,18H,4-8,10H2,1-3H3. The molecule has 1 aromatic rings. The quantitative estimate of drug-likeness (QED) is 0.867. The van der Waals surface area contributed by atoms with E-state index in [1.807, 2.05) is 0 Å². The Labute approximate surface area is 110 Å². The molecule has 18 heavy (non-hydrogen) atoms. The number of hydrogen-bond donors (Lipinski definition) is 1. The van der Waals surface area contributed by atoms with E-state index in [-0.39, 0.29) is 6.10 Å². The van der Waals surface area contributed by atoms with E-state index in [4.69, 9.17) is 0 Å². The van der Waals surface area contributed by atoms with Gasteiger partial charge in [0.15, 0.2) is 0 Å². The smallest absolute Gasteiger partial charge is 0.0807 e. The maximum Gasteiger partial charge on any atom is 0.0807 e. The molecule has 2 aliphatic rings. The number of nitrogens with zero attached hydrogens (tertiary/aromatic N) is 1. The normalized spacial score (nSPS) is 25.3. The van der Waals surface area contributed by atoms with Crippen LogP contribution in [0.3, 0.4) is 0 Å². The summed E-state index contributed by atoms with van der Waals surface area (Å²) in [5.41, 5.74) is 4.50. The summed E-state index contributed by atoms with van der Waals surface area (Å²) in [6, 6.07) is 2.22. The first-order valence-electron chi connectivity index (χ1n) is 7.40. The molecule has 1 aromatic heterocycles. The molecule has 2 nitrogen and oxygen atoms in total. The second kappa shape index (κ2) is 4.12. The first-order chi connectivity index (χ1) is 8.53. The molecule has 2 heteroatoms. The van der Waals surface area contributed by atoms with E-state index in [0.717, 1.165) is 25.2 Å². The van der Waals surface area contributed by atoms with Gasteiger partial charge < -0.3 is 9.67 Å². The van der Waals surface area contributed by atoms with Crippen molar-refractivity contribution in [1.29, 1.82) is 0 Å². The van der Waals surface area contributed by atoms with Crippen molar-refractivity contribution in [2.45, 2.75) is 65.5 Å². The Kier molecular flexibility index (Phi) is 2.81. The van der Waals surface area contributed by atoms with Crippen LogP contribution in [0, 0.1) is 18.3 Å². The minimum Gasteiger partial charge on any atom is -0.388 e. The third-order valence-corrected chi connectivity index (χ3v) is 5.29. The Bertz CT molecular complexity index is 454. The van der Waals surface area contributed by atoms with E-state index in [2.05, 4.69) is 31.4 Å². The van der Waals surface area contributed by atoms with Gasteiger partial charge in [-0.25, -0.2) is 0 Å². The fourth-order valence-corrected chi connectivity index (χ4v) is 3.55. The van der Waals surface area contributed by atoms with Gasteiger partial charge in [0.05, 0.1) is 6.10 Å². The Morgan fingerprint density at radius 2 is 2.17 bits per heavy atom. The highest BCUT2D eigenvalue weighted by Gasteiger charge is 2.46. The Morgan fingerprint density at radius 3 is 2.78 bits per heavy atom. The maximum absolute atomic E-state index is 10.1. The highest BCUT2D eigenvalue weighted by atomic mass is 16.3. The van der Waals surface area contributed by atoms with Gasteiger partial charge in [0.2, 0.25) is 0 Å². The number of rotatable bonds is 3. The molecule has 0 aromatic carbocycles. The van der Waals surface area contributed by atoms with Crippen LogP contribution in [-0.2, 0) is 13.0 Å². The molecule has 100 valence electrons. The predicted molar refractivity (Wildman–Crippen MR) is 73.6 cm³/mol. The summed E-state index contributed by atoms with van der Waals surface area (Å²) < 4.78 is 2.50. The molecule has 0 amide bonds. The van der Waals surface area contributed by atoms with Gasteiger partial charge in [-0.2, -0.15) is 0 Å². The van der Waals surface area contributed by atoms with E-state index in [0.29, 0.717) is 5.41 Å². The molecule has 2 aliphatic carbocycles. The highest BCUT2D eigenvalue weighted by molar-refractivity contribution is 5.32. The van der Waals surface area contributed by atoms with Crippen LogP contribution in [-0.4, -0.2) is 9.67 Å². The topological polar surface area (TPSA) is 25.2 Å². The van der Waals surface area contributed by atoms with Crippen molar-refractivity contribution >= 4 is 0 Å². The lowest BCUT2D eigenvalue weighted by Gasteiger charge is -2.25. The molecular formula is C16H25NO. The van der Waals surface area contributed by atoms with E-state index in [1.54, 1.807) is 0 Å². The van der Waals surface area contributed by atoms with Crippen LogP contribution in [0.2, 0.25) is 0 Å². The molecule has 1 atom stereocenters. The number of aliphatic hydroxyl groups is 1. The molecular weight excluding hydrogens is 222 g/mol. The summed E-state index contributed by atoms with van der Waals surface area (Å²) in [6.45, 7) is 8.07. The van der Waals surface area contributed by atoms with Gasteiger partial charge in [-0.15, -0.1) is 0 Å². The molecule has 3 rings (SSSR count). The van der Waals surface area contributed by atoms with Crippen molar-refractivity contribution in [1.82, 2.24) is 4.57 Å². The lowest BCUT2D eigenvalue weighted by Crippen LogP contribution is -2.21. The second-order valence-corrected chi connectivity index (χ2v) is 6.70. The van der Waals surface area contributed by atoms with Crippen molar-refractivity contribution in [2.24, 2.45) is 11.3 Å². The molecule has 0 saturated heterocycles. The fourth-order valence-electron chi connectivity index (χ4n) is 3.55. The monoisotopic (exact) mass is 247 g/mol. The number of aliphatic hydroxyl groups excluding tert-OH is 1. The Morgan fingerprint density at radius 1 is 1.44 bits per heavy atom. The number of aryl methyl sites for hydroxylation is 1. The number of aromatic nitrogens is 1. The lowest BCUT2D eigenvalue weighted by atomic mass is 9.91. The zero-order valence-electron chi connectivity index (χ0n) is 11.9. The van der Waals surface area contributed by atoms with Crippen molar-refractivity contribution in [3.05, 3.63) is 23.0 Å². The van der Waals surface area contributed by atoms with Crippen LogP contribution >= 0.6 is 0 Å². The maximum atomic E-state index is 10.1. The summed E-state index contributed by atoms with van der Waals surface area (Å²) in [5, 5.41) is 10.1. The molecule has 0 radical (unpaired) electrons. The average molecular weight is 247 g/mol. The lowest BCUT2D eigenvalue weighted by molar-refractivity contribution is 0.155. The highest BCUT2D eigenvalue weighted by Crippen LogP contribution is 2.53. The molecule has 0 aliphatic heterocycles. The van der Waals surface area contributed by atoms with E-state index in [9.17, 15) is 5.11 Å². The van der Waals surface area contributed by atoms with Crippen LogP contribution in [0.1, 0.15) is 62.6 Å². The van der Waals surface area contributed by atoms with Crippen molar-refractivity contribution < 1.29 is 5.11 Å². The van der Waals surface area contributed by atoms with Crippen LogP contribution < -0.4 is 0 Å².